The van der Waals surface area contributed by atoms with Crippen molar-refractivity contribution in [2.75, 3.05) is 0 Å². The van der Waals surface area contributed by atoms with Gasteiger partial charge in [0, 0.05) is 0 Å². The van der Waals surface area contributed by atoms with Crippen molar-refractivity contribution >= 4 is 53.9 Å². The van der Waals surface area contributed by atoms with E-state index in [1.807, 2.05) is 84.9 Å². The number of nitrogens with zero attached hydrogens (tertiary/aromatic N) is 4. The van der Waals surface area contributed by atoms with Crippen LogP contribution in [0.4, 0.5) is 0 Å². The summed E-state index contributed by atoms with van der Waals surface area (Å²) in [6.07, 6.45) is 0. The monoisotopic (exact) mass is 580 g/mol. The summed E-state index contributed by atoms with van der Waals surface area (Å²) in [5.74, 6) is 0. The lowest BCUT2D eigenvalue weighted by Gasteiger charge is -2.19. The lowest BCUT2D eigenvalue weighted by molar-refractivity contribution is 1.45. The summed E-state index contributed by atoms with van der Waals surface area (Å²) >= 11 is 0. The van der Waals surface area contributed by atoms with E-state index in [2.05, 4.69) is 60.7 Å². The van der Waals surface area contributed by atoms with Gasteiger partial charge in [0.25, 0.3) is 0 Å². The normalized spacial score (nSPS) is 11.0. The maximum absolute atomic E-state index is 10.1. The molecule has 0 atom stereocenters. The van der Waals surface area contributed by atoms with Crippen LogP contribution >= 0.6 is 0 Å². The summed E-state index contributed by atoms with van der Waals surface area (Å²) in [5.41, 5.74) is 5.87. The lowest BCUT2D eigenvalue weighted by Crippen LogP contribution is -1.93. The molecular formula is C42H20N4. The summed E-state index contributed by atoms with van der Waals surface area (Å²) in [6, 6.07) is 49.0. The molecule has 0 spiro atoms. The topological polar surface area (TPSA) is 95.2 Å². The Kier molecular flexibility index (Phi) is 5.98. The van der Waals surface area contributed by atoms with Gasteiger partial charge in [0.1, 0.15) is 12.1 Å². The Morgan fingerprint density at radius 3 is 1.04 bits per heavy atom. The second-order valence-corrected chi connectivity index (χ2v) is 11.3. The molecule has 0 heterocycles. The van der Waals surface area contributed by atoms with Crippen LogP contribution in [-0.4, -0.2) is 0 Å². The van der Waals surface area contributed by atoms with Gasteiger partial charge in [-0.25, -0.2) is 0 Å². The van der Waals surface area contributed by atoms with Gasteiger partial charge in [-0.3, -0.25) is 0 Å². The molecule has 0 amide bonds. The fourth-order valence-corrected chi connectivity index (χ4v) is 6.87. The van der Waals surface area contributed by atoms with Crippen LogP contribution < -0.4 is 0 Å². The first-order valence-electron chi connectivity index (χ1n) is 14.8. The molecule has 0 aliphatic heterocycles. The predicted octanol–water partition coefficient (Wildman–Crippen LogP) is 10.3. The van der Waals surface area contributed by atoms with Gasteiger partial charge in [-0.1, -0.05) is 72.8 Å². The molecule has 0 aromatic heterocycles. The standard InChI is InChI=1S/C42H20N4/c43-21-25-9-13-27(14-10-25)35-19-39-37-17-29(23-45)30(24-46)18-38(37)40-20-36(28-15-11-26(22-44)12-16-28)32-6-2-4-8-34(32)42(40)41(39)33-7-3-1-5-31(33)35/h1-20H. The first kappa shape index (κ1) is 26.6. The minimum atomic E-state index is 0.330. The minimum absolute atomic E-state index is 0.330. The van der Waals surface area contributed by atoms with Gasteiger partial charge in [-0.05, 0) is 125 Å². The fourth-order valence-electron chi connectivity index (χ4n) is 6.87. The van der Waals surface area contributed by atoms with Crippen LogP contribution in [0.15, 0.2) is 121 Å². The molecule has 208 valence electrons. The predicted molar refractivity (Wildman–Crippen MR) is 184 cm³/mol. The number of benzene rings is 8. The molecule has 0 saturated heterocycles. The van der Waals surface area contributed by atoms with Crippen molar-refractivity contribution < 1.29 is 0 Å². The number of hydrogen-bond acceptors (Lipinski definition) is 4. The lowest BCUT2D eigenvalue weighted by atomic mass is 9.83. The number of hydrogen-bond donors (Lipinski definition) is 0. The molecule has 4 heteroatoms. The van der Waals surface area contributed by atoms with Gasteiger partial charge < -0.3 is 0 Å². The molecule has 0 aliphatic rings. The van der Waals surface area contributed by atoms with Gasteiger partial charge in [0.15, 0.2) is 0 Å². The number of fused-ring (bicyclic) bond motifs is 10. The minimum Gasteiger partial charge on any atom is -0.192 e. The Balaban J connectivity index is 1.64. The SMILES string of the molecule is N#Cc1ccc(-c2cc3c4cc(C#N)c(C#N)cc4c4cc(-c5ccc(C#N)cc5)c5ccccc5c4c3c3ccccc23)cc1. The van der Waals surface area contributed by atoms with E-state index in [0.717, 1.165) is 76.1 Å². The molecule has 0 saturated carbocycles. The number of rotatable bonds is 2. The van der Waals surface area contributed by atoms with E-state index in [0.29, 0.717) is 22.3 Å². The third-order valence-electron chi connectivity index (χ3n) is 8.97. The fraction of sp³-hybridized carbons (Fsp3) is 0. The summed E-state index contributed by atoms with van der Waals surface area (Å²) in [5, 5.41) is 49.2. The molecule has 8 rings (SSSR count). The molecule has 0 unspecified atom stereocenters. The summed E-state index contributed by atoms with van der Waals surface area (Å²) in [7, 11) is 0. The molecule has 8 aromatic rings. The van der Waals surface area contributed by atoms with E-state index in [4.69, 9.17) is 0 Å². The highest BCUT2D eigenvalue weighted by atomic mass is 14.3. The van der Waals surface area contributed by atoms with E-state index >= 15 is 0 Å². The Hall–Kier alpha value is -6.98. The van der Waals surface area contributed by atoms with Crippen molar-refractivity contribution in [2.45, 2.75) is 0 Å². The molecule has 46 heavy (non-hydrogen) atoms. The van der Waals surface area contributed by atoms with E-state index in [-0.39, 0.29) is 0 Å². The third-order valence-corrected chi connectivity index (χ3v) is 8.97. The molecular weight excluding hydrogens is 560 g/mol. The van der Waals surface area contributed by atoms with Crippen LogP contribution in [0.1, 0.15) is 22.3 Å². The number of nitriles is 4. The Bertz CT molecular complexity index is 2570. The molecule has 0 aliphatic carbocycles. The average Bonchev–Trinajstić information content (AvgIpc) is 3.13. The zero-order chi connectivity index (χ0) is 31.4. The maximum Gasteiger partial charge on any atom is 0.101 e. The van der Waals surface area contributed by atoms with Crippen LogP contribution in [0.3, 0.4) is 0 Å². The smallest absolute Gasteiger partial charge is 0.101 e. The Morgan fingerprint density at radius 2 is 0.696 bits per heavy atom. The molecule has 0 bridgehead atoms. The van der Waals surface area contributed by atoms with Gasteiger partial charge >= 0.3 is 0 Å². The van der Waals surface area contributed by atoms with Crippen molar-refractivity contribution in [3.05, 3.63) is 144 Å². The van der Waals surface area contributed by atoms with Crippen molar-refractivity contribution in [1.29, 1.82) is 21.0 Å². The maximum atomic E-state index is 10.1. The van der Waals surface area contributed by atoms with Crippen molar-refractivity contribution in [2.24, 2.45) is 0 Å². The largest absolute Gasteiger partial charge is 0.192 e. The quantitative estimate of drug-likeness (QED) is 0.190. The zero-order valence-corrected chi connectivity index (χ0v) is 24.3. The van der Waals surface area contributed by atoms with E-state index in [9.17, 15) is 21.0 Å². The molecule has 8 aromatic carbocycles. The highest BCUT2D eigenvalue weighted by Gasteiger charge is 2.20. The molecule has 0 fully saturated rings. The molecule has 4 nitrogen and oxygen atoms in total. The third kappa shape index (κ3) is 3.90. The van der Waals surface area contributed by atoms with Crippen LogP contribution in [-0.2, 0) is 0 Å². The highest BCUT2D eigenvalue weighted by molar-refractivity contribution is 6.38. The van der Waals surface area contributed by atoms with Crippen molar-refractivity contribution in [1.82, 2.24) is 0 Å². The van der Waals surface area contributed by atoms with E-state index in [1.54, 1.807) is 0 Å². The van der Waals surface area contributed by atoms with Crippen molar-refractivity contribution in [3.8, 4) is 46.5 Å². The Labute approximate surface area is 264 Å². The van der Waals surface area contributed by atoms with E-state index < -0.39 is 0 Å². The zero-order valence-electron chi connectivity index (χ0n) is 24.3. The van der Waals surface area contributed by atoms with E-state index in [1.165, 1.54) is 0 Å². The highest BCUT2D eigenvalue weighted by Crippen LogP contribution is 2.47. The molecule has 0 radical (unpaired) electrons. The molecule has 0 N–H and O–H groups in total. The van der Waals surface area contributed by atoms with Crippen LogP contribution in [0.5, 0.6) is 0 Å². The summed E-state index contributed by atoms with van der Waals surface area (Å²) in [4.78, 5) is 0. The van der Waals surface area contributed by atoms with Crippen LogP contribution in [0.2, 0.25) is 0 Å². The Morgan fingerprint density at radius 1 is 0.326 bits per heavy atom. The first-order valence-corrected chi connectivity index (χ1v) is 14.8. The van der Waals surface area contributed by atoms with Crippen molar-refractivity contribution in [3.63, 3.8) is 0 Å². The van der Waals surface area contributed by atoms with Gasteiger partial charge in [-0.15, -0.1) is 0 Å². The second-order valence-electron chi connectivity index (χ2n) is 11.3. The van der Waals surface area contributed by atoms with Crippen LogP contribution in [0.25, 0.3) is 76.1 Å². The van der Waals surface area contributed by atoms with Gasteiger partial charge in [0.2, 0.25) is 0 Å². The average molecular weight is 581 g/mol. The second kappa shape index (κ2) is 10.3. The van der Waals surface area contributed by atoms with Crippen LogP contribution in [0, 0.1) is 45.3 Å². The summed E-state index contributed by atoms with van der Waals surface area (Å²) < 4.78 is 0. The van der Waals surface area contributed by atoms with Gasteiger partial charge in [0.05, 0.1) is 34.4 Å². The first-order chi connectivity index (χ1) is 22.6. The van der Waals surface area contributed by atoms with Gasteiger partial charge in [-0.2, -0.15) is 21.0 Å². The summed E-state index contributed by atoms with van der Waals surface area (Å²) in [6.45, 7) is 0.